The standard InChI is InChI=1S/C36H69NO12S/c1-3-5-7-9-10-11-12-13-14-15-16-17-18-19-21-23-25-30(40)35(43)37-28(29(39)24-22-20-8-6-4-2)27-47-36-33(42)34(49-50(44,45)46)32(41)31(26-38)48-36/h22,24,28-34,36,38-42H,3-21,23,25-27H2,1-2H3,(H,37,43)(H,44,45,46)/b24-22+. The molecule has 14 heteroatoms. The van der Waals surface area contributed by atoms with Crippen LogP contribution in [-0.4, -0.2) is 107 Å². The van der Waals surface area contributed by atoms with E-state index in [1.54, 1.807) is 6.08 Å². The van der Waals surface area contributed by atoms with Crippen molar-refractivity contribution in [2.24, 2.45) is 0 Å². The van der Waals surface area contributed by atoms with Gasteiger partial charge in [0, 0.05) is 0 Å². The van der Waals surface area contributed by atoms with E-state index in [1.165, 1.54) is 83.1 Å². The van der Waals surface area contributed by atoms with E-state index in [9.17, 15) is 38.7 Å². The fourth-order valence-electron chi connectivity index (χ4n) is 6.05. The number of carbonyl (C=O) groups excluding carboxylic acids is 1. The molecule has 296 valence electrons. The Morgan fingerprint density at radius 2 is 1.30 bits per heavy atom. The van der Waals surface area contributed by atoms with Crippen LogP contribution >= 0.6 is 0 Å². The summed E-state index contributed by atoms with van der Waals surface area (Å²) in [6.07, 6.45) is 15.2. The highest BCUT2D eigenvalue weighted by Crippen LogP contribution is 2.26. The quantitative estimate of drug-likeness (QED) is 0.0295. The summed E-state index contributed by atoms with van der Waals surface area (Å²) in [4.78, 5) is 12.9. The van der Waals surface area contributed by atoms with Crippen molar-refractivity contribution >= 4 is 16.3 Å². The summed E-state index contributed by atoms with van der Waals surface area (Å²) >= 11 is 0. The van der Waals surface area contributed by atoms with Crippen molar-refractivity contribution < 1.29 is 57.0 Å². The summed E-state index contributed by atoms with van der Waals surface area (Å²) in [5, 5.41) is 54.5. The smallest absolute Gasteiger partial charge is 0.394 e. The molecule has 1 rings (SSSR count). The van der Waals surface area contributed by atoms with Gasteiger partial charge in [-0.05, 0) is 19.3 Å². The summed E-state index contributed by atoms with van der Waals surface area (Å²) < 4.78 is 47.0. The highest BCUT2D eigenvalue weighted by molar-refractivity contribution is 7.80. The second-order valence-electron chi connectivity index (χ2n) is 13.7. The summed E-state index contributed by atoms with van der Waals surface area (Å²) in [6.45, 7) is 3.05. The van der Waals surface area contributed by atoms with Crippen LogP contribution < -0.4 is 5.32 Å². The molecular weight excluding hydrogens is 670 g/mol. The van der Waals surface area contributed by atoms with E-state index in [2.05, 4.69) is 23.3 Å². The van der Waals surface area contributed by atoms with Crippen LogP contribution in [0, 0.1) is 0 Å². The van der Waals surface area contributed by atoms with Crippen LogP contribution in [0.5, 0.6) is 0 Å². The number of aliphatic hydroxyl groups excluding tert-OH is 5. The third-order valence-corrected chi connectivity index (χ3v) is 9.64. The second kappa shape index (κ2) is 28.3. The molecule has 0 aliphatic carbocycles. The van der Waals surface area contributed by atoms with Crippen LogP contribution in [-0.2, 0) is 28.9 Å². The first-order valence-electron chi connectivity index (χ1n) is 19.2. The Bertz CT molecular complexity index is 984. The molecule has 0 spiro atoms. The molecule has 1 aliphatic rings. The van der Waals surface area contributed by atoms with Crippen molar-refractivity contribution in [3.05, 3.63) is 12.2 Å². The largest absolute Gasteiger partial charge is 0.397 e. The number of hydrogen-bond donors (Lipinski definition) is 7. The number of carbonyl (C=O) groups is 1. The topological polar surface area (TPSA) is 212 Å². The third kappa shape index (κ3) is 21.4. The lowest BCUT2D eigenvalue weighted by atomic mass is 9.99. The van der Waals surface area contributed by atoms with Crippen molar-refractivity contribution in [1.29, 1.82) is 0 Å². The molecular formula is C36H69NO12S. The van der Waals surface area contributed by atoms with Crippen LogP contribution in [0.2, 0.25) is 0 Å². The van der Waals surface area contributed by atoms with E-state index in [-0.39, 0.29) is 6.42 Å². The van der Waals surface area contributed by atoms with Crippen LogP contribution in [0.1, 0.15) is 149 Å². The molecule has 0 aromatic heterocycles. The molecule has 0 radical (unpaired) electrons. The number of unbranched alkanes of at least 4 members (excludes halogenated alkanes) is 18. The maximum absolute atomic E-state index is 12.9. The number of nitrogens with one attached hydrogen (secondary N) is 1. The summed E-state index contributed by atoms with van der Waals surface area (Å²) in [6, 6.07) is -1.11. The molecule has 1 fully saturated rings. The molecule has 8 atom stereocenters. The summed E-state index contributed by atoms with van der Waals surface area (Å²) in [7, 11) is -5.10. The van der Waals surface area contributed by atoms with Crippen molar-refractivity contribution in [2.75, 3.05) is 13.2 Å². The van der Waals surface area contributed by atoms with E-state index in [1.807, 2.05) is 0 Å². The van der Waals surface area contributed by atoms with Crippen LogP contribution in [0.3, 0.4) is 0 Å². The lowest BCUT2D eigenvalue weighted by Gasteiger charge is -2.41. The monoisotopic (exact) mass is 739 g/mol. The number of rotatable bonds is 31. The Morgan fingerprint density at radius 1 is 0.800 bits per heavy atom. The number of aliphatic hydroxyl groups is 5. The predicted octanol–water partition coefficient (Wildman–Crippen LogP) is 4.62. The van der Waals surface area contributed by atoms with E-state index in [0.29, 0.717) is 12.8 Å². The van der Waals surface area contributed by atoms with Crippen molar-refractivity contribution in [3.63, 3.8) is 0 Å². The molecule has 7 N–H and O–H groups in total. The van der Waals surface area contributed by atoms with Crippen molar-refractivity contribution in [3.8, 4) is 0 Å². The van der Waals surface area contributed by atoms with Gasteiger partial charge in [0.2, 0.25) is 5.91 Å². The molecule has 0 saturated carbocycles. The molecule has 1 heterocycles. The highest BCUT2D eigenvalue weighted by atomic mass is 32.3. The molecule has 13 nitrogen and oxygen atoms in total. The van der Waals surface area contributed by atoms with Crippen molar-refractivity contribution in [2.45, 2.75) is 198 Å². The van der Waals surface area contributed by atoms with Crippen molar-refractivity contribution in [1.82, 2.24) is 5.32 Å². The third-order valence-electron chi connectivity index (χ3n) is 9.18. The van der Waals surface area contributed by atoms with Crippen LogP contribution in [0.4, 0.5) is 0 Å². The fourth-order valence-corrected chi connectivity index (χ4v) is 6.56. The Labute approximate surface area is 301 Å². The minimum Gasteiger partial charge on any atom is -0.394 e. The zero-order valence-corrected chi connectivity index (χ0v) is 31.4. The first kappa shape index (κ1) is 46.8. The number of allylic oxidation sites excluding steroid dienone is 1. The molecule has 0 aromatic rings. The van der Waals surface area contributed by atoms with Gasteiger partial charge in [-0.1, -0.05) is 142 Å². The Kier molecular flexibility index (Phi) is 26.5. The number of hydrogen-bond acceptors (Lipinski definition) is 11. The minimum absolute atomic E-state index is 0.246. The van der Waals surface area contributed by atoms with Gasteiger partial charge in [0.25, 0.3) is 0 Å². The van der Waals surface area contributed by atoms with Gasteiger partial charge in [-0.3, -0.25) is 9.35 Å². The molecule has 1 aliphatic heterocycles. The molecule has 1 saturated heterocycles. The molecule has 0 aromatic carbocycles. The normalized spacial score (nSPS) is 23.2. The second-order valence-corrected chi connectivity index (χ2v) is 14.7. The molecule has 1 amide bonds. The van der Waals surface area contributed by atoms with Gasteiger partial charge in [0.1, 0.15) is 30.5 Å². The van der Waals surface area contributed by atoms with Crippen LogP contribution in [0.15, 0.2) is 12.2 Å². The average Bonchev–Trinajstić information content (AvgIpc) is 3.08. The maximum atomic E-state index is 12.9. The number of ether oxygens (including phenoxy) is 2. The highest BCUT2D eigenvalue weighted by Gasteiger charge is 2.48. The van der Waals surface area contributed by atoms with Gasteiger partial charge in [-0.2, -0.15) is 8.42 Å². The zero-order valence-electron chi connectivity index (χ0n) is 30.6. The summed E-state index contributed by atoms with van der Waals surface area (Å²) in [5.74, 6) is -0.709. The Balaban J connectivity index is 2.53. The van der Waals surface area contributed by atoms with Gasteiger partial charge in [0.05, 0.1) is 25.4 Å². The average molecular weight is 740 g/mol. The Morgan fingerprint density at radius 3 is 1.80 bits per heavy atom. The fraction of sp³-hybridized carbons (Fsp3) is 0.917. The van der Waals surface area contributed by atoms with Gasteiger partial charge in [-0.25, -0.2) is 4.18 Å². The first-order chi connectivity index (χ1) is 23.9. The lowest BCUT2D eigenvalue weighted by Crippen LogP contribution is -2.61. The maximum Gasteiger partial charge on any atom is 0.397 e. The SMILES string of the molecule is CCCCC/C=C/C(O)C(COC1OC(CO)C(O)C(OS(=O)(=O)O)C1O)NC(=O)C(O)CCCCCCCCCCCCCCCCCC. The lowest BCUT2D eigenvalue weighted by molar-refractivity contribution is -0.298. The van der Waals surface area contributed by atoms with Gasteiger partial charge in [-0.15, -0.1) is 0 Å². The molecule has 8 unspecified atom stereocenters. The Hall–Kier alpha value is -1.20. The number of amides is 1. The van der Waals surface area contributed by atoms with Crippen LogP contribution in [0.25, 0.3) is 0 Å². The predicted molar refractivity (Wildman–Crippen MR) is 192 cm³/mol. The van der Waals surface area contributed by atoms with Gasteiger partial charge < -0.3 is 40.3 Å². The summed E-state index contributed by atoms with van der Waals surface area (Å²) in [5.41, 5.74) is 0. The van der Waals surface area contributed by atoms with E-state index < -0.39 is 78.5 Å². The van der Waals surface area contributed by atoms with Gasteiger partial charge in [0.15, 0.2) is 6.29 Å². The minimum atomic E-state index is -5.10. The van der Waals surface area contributed by atoms with E-state index >= 15 is 0 Å². The molecule has 0 bridgehead atoms. The van der Waals surface area contributed by atoms with E-state index in [0.717, 1.165) is 38.5 Å². The van der Waals surface area contributed by atoms with Gasteiger partial charge >= 0.3 is 10.4 Å². The first-order valence-corrected chi connectivity index (χ1v) is 20.5. The molecule has 50 heavy (non-hydrogen) atoms. The zero-order chi connectivity index (χ0) is 37.2. The van der Waals surface area contributed by atoms with E-state index in [4.69, 9.17) is 14.0 Å².